The molecule has 3 aromatic rings. The quantitative estimate of drug-likeness (QED) is 0.257. The van der Waals surface area contributed by atoms with Gasteiger partial charge in [-0.1, -0.05) is 36.4 Å². The van der Waals surface area contributed by atoms with Crippen LogP contribution < -0.4 is 14.5 Å². The zero-order chi connectivity index (χ0) is 25.4. The first-order valence-corrected chi connectivity index (χ1v) is 12.5. The van der Waals surface area contributed by atoms with Gasteiger partial charge in [0.2, 0.25) is 0 Å². The summed E-state index contributed by atoms with van der Waals surface area (Å²) in [6.07, 6.45) is 3.13. The Kier molecular flexibility index (Phi) is 8.43. The van der Waals surface area contributed by atoms with Gasteiger partial charge in [-0.2, -0.15) is 5.10 Å². The summed E-state index contributed by atoms with van der Waals surface area (Å²) >= 11 is 0. The van der Waals surface area contributed by atoms with Gasteiger partial charge in [-0.15, -0.1) is 0 Å². The highest BCUT2D eigenvalue weighted by atomic mass is 32.2. The number of hydrogen-bond donors (Lipinski definition) is 1. The molecular formula is C27H29N3O4S. The molecule has 3 aromatic carbocycles. The van der Waals surface area contributed by atoms with Crippen LogP contribution in [0.25, 0.3) is 0 Å². The third-order valence-corrected chi connectivity index (χ3v) is 7.11. The minimum Gasteiger partial charge on any atom is -0.490 e. The Morgan fingerprint density at radius 3 is 2.31 bits per heavy atom. The standard InChI is InChI=1S/C27H29N3O4S/c1-5-16-34-25-12-9-23(10-13-25)18-28-29-27(31)19-30(24-11-8-21(3)22(4)17-24)35(32,33)26-14-6-20(2)7-15-26/h5-15,17-18H,1,16,19H2,2-4H3,(H,29,31). The number of benzene rings is 3. The third-order valence-electron chi connectivity index (χ3n) is 5.33. The van der Waals surface area contributed by atoms with E-state index in [1.807, 2.05) is 26.8 Å². The van der Waals surface area contributed by atoms with Crippen LogP contribution in [0, 0.1) is 20.8 Å². The van der Waals surface area contributed by atoms with Gasteiger partial charge in [-0.05, 0) is 86.0 Å². The zero-order valence-electron chi connectivity index (χ0n) is 20.1. The van der Waals surface area contributed by atoms with E-state index in [0.29, 0.717) is 18.0 Å². The van der Waals surface area contributed by atoms with Gasteiger partial charge >= 0.3 is 0 Å². The van der Waals surface area contributed by atoms with E-state index in [0.717, 1.165) is 26.6 Å². The summed E-state index contributed by atoms with van der Waals surface area (Å²) in [6.45, 7) is 9.31. The van der Waals surface area contributed by atoms with Crippen LogP contribution in [0.2, 0.25) is 0 Å². The van der Waals surface area contributed by atoms with Crippen molar-refractivity contribution in [3.8, 4) is 5.75 Å². The van der Waals surface area contributed by atoms with Gasteiger partial charge < -0.3 is 4.74 Å². The van der Waals surface area contributed by atoms with Crippen molar-refractivity contribution >= 4 is 27.8 Å². The fraction of sp³-hybridized carbons (Fsp3) is 0.185. The average molecular weight is 492 g/mol. The third kappa shape index (κ3) is 6.80. The van der Waals surface area contributed by atoms with E-state index in [1.54, 1.807) is 54.6 Å². The molecule has 1 amide bonds. The summed E-state index contributed by atoms with van der Waals surface area (Å²) < 4.78 is 33.5. The normalized spacial score (nSPS) is 11.3. The molecule has 0 fully saturated rings. The number of anilines is 1. The topological polar surface area (TPSA) is 88.1 Å². The molecule has 0 aromatic heterocycles. The second kappa shape index (κ2) is 11.5. The van der Waals surface area contributed by atoms with Gasteiger partial charge in [-0.25, -0.2) is 13.8 Å². The molecule has 35 heavy (non-hydrogen) atoms. The van der Waals surface area contributed by atoms with E-state index in [-0.39, 0.29) is 4.90 Å². The average Bonchev–Trinajstić information content (AvgIpc) is 2.84. The predicted molar refractivity (Wildman–Crippen MR) is 139 cm³/mol. The number of ether oxygens (including phenoxy) is 1. The number of amides is 1. The smallest absolute Gasteiger partial charge is 0.264 e. The van der Waals surface area contributed by atoms with Crippen molar-refractivity contribution in [1.29, 1.82) is 0 Å². The fourth-order valence-electron chi connectivity index (χ4n) is 3.18. The second-order valence-corrected chi connectivity index (χ2v) is 9.92. The molecule has 0 aliphatic carbocycles. The Morgan fingerprint density at radius 2 is 1.69 bits per heavy atom. The summed E-state index contributed by atoms with van der Waals surface area (Å²) in [4.78, 5) is 12.8. The van der Waals surface area contributed by atoms with Gasteiger partial charge in [0.05, 0.1) is 16.8 Å². The Balaban J connectivity index is 1.78. The SMILES string of the molecule is C=CCOc1ccc(C=NNC(=O)CN(c2ccc(C)c(C)c2)S(=O)(=O)c2ccc(C)cc2)cc1. The summed E-state index contributed by atoms with van der Waals surface area (Å²) in [7, 11) is -3.99. The minimum atomic E-state index is -3.99. The van der Waals surface area contributed by atoms with Gasteiger partial charge in [-0.3, -0.25) is 9.10 Å². The molecule has 0 saturated heterocycles. The van der Waals surface area contributed by atoms with Gasteiger partial charge in [0.1, 0.15) is 18.9 Å². The van der Waals surface area contributed by atoms with Crippen LogP contribution in [0.4, 0.5) is 5.69 Å². The molecule has 0 atom stereocenters. The highest BCUT2D eigenvalue weighted by Gasteiger charge is 2.27. The van der Waals surface area contributed by atoms with E-state index < -0.39 is 22.5 Å². The molecule has 0 spiro atoms. The molecule has 0 unspecified atom stereocenters. The number of carbonyl (C=O) groups excluding carboxylic acids is 1. The number of sulfonamides is 1. The van der Waals surface area contributed by atoms with Gasteiger partial charge in [0, 0.05) is 0 Å². The molecule has 0 aliphatic heterocycles. The molecule has 0 heterocycles. The predicted octanol–water partition coefficient (Wildman–Crippen LogP) is 4.52. The number of aryl methyl sites for hydroxylation is 3. The highest BCUT2D eigenvalue weighted by Crippen LogP contribution is 2.26. The lowest BCUT2D eigenvalue weighted by molar-refractivity contribution is -0.119. The number of nitrogens with zero attached hydrogens (tertiary/aromatic N) is 2. The van der Waals surface area contributed by atoms with Crippen molar-refractivity contribution in [3.63, 3.8) is 0 Å². The van der Waals surface area contributed by atoms with Crippen LogP contribution in [0.15, 0.2) is 89.4 Å². The van der Waals surface area contributed by atoms with Crippen molar-refractivity contribution < 1.29 is 17.9 Å². The number of carbonyl (C=O) groups is 1. The van der Waals surface area contributed by atoms with Crippen LogP contribution in [-0.4, -0.2) is 33.7 Å². The molecule has 0 aliphatic rings. The maximum absolute atomic E-state index is 13.5. The lowest BCUT2D eigenvalue weighted by Crippen LogP contribution is -2.39. The largest absolute Gasteiger partial charge is 0.490 e. The molecule has 0 radical (unpaired) electrons. The fourth-order valence-corrected chi connectivity index (χ4v) is 4.60. The van der Waals surface area contributed by atoms with Crippen molar-refractivity contribution in [2.24, 2.45) is 5.10 Å². The van der Waals surface area contributed by atoms with Crippen LogP contribution in [0.5, 0.6) is 5.75 Å². The number of nitrogens with one attached hydrogen (secondary N) is 1. The number of hydrogen-bond acceptors (Lipinski definition) is 5. The Morgan fingerprint density at radius 1 is 1.00 bits per heavy atom. The van der Waals surface area contributed by atoms with E-state index in [9.17, 15) is 13.2 Å². The van der Waals surface area contributed by atoms with Crippen LogP contribution in [-0.2, 0) is 14.8 Å². The summed E-state index contributed by atoms with van der Waals surface area (Å²) in [5, 5.41) is 3.98. The van der Waals surface area contributed by atoms with Gasteiger partial charge in [0.25, 0.3) is 15.9 Å². The number of rotatable bonds is 10. The van der Waals surface area contributed by atoms with Gasteiger partial charge in [0.15, 0.2) is 0 Å². The van der Waals surface area contributed by atoms with Crippen LogP contribution in [0.1, 0.15) is 22.3 Å². The van der Waals surface area contributed by atoms with Crippen LogP contribution in [0.3, 0.4) is 0 Å². The van der Waals surface area contributed by atoms with Crippen molar-refractivity contribution in [3.05, 3.63) is 102 Å². The molecule has 0 saturated carbocycles. The summed E-state index contributed by atoms with van der Waals surface area (Å²) in [5.41, 5.74) is 6.45. The molecule has 8 heteroatoms. The molecule has 7 nitrogen and oxygen atoms in total. The van der Waals surface area contributed by atoms with Crippen LogP contribution >= 0.6 is 0 Å². The maximum atomic E-state index is 13.5. The Hall–Kier alpha value is -3.91. The molecule has 0 bridgehead atoms. The molecular weight excluding hydrogens is 462 g/mol. The summed E-state index contributed by atoms with van der Waals surface area (Å²) in [5.74, 6) is 0.123. The Bertz CT molecular complexity index is 1320. The Labute approximate surface area is 206 Å². The van der Waals surface area contributed by atoms with Crippen molar-refractivity contribution in [1.82, 2.24) is 5.43 Å². The maximum Gasteiger partial charge on any atom is 0.264 e. The lowest BCUT2D eigenvalue weighted by atomic mass is 10.1. The summed E-state index contributed by atoms with van der Waals surface area (Å²) in [6, 6.07) is 19.0. The van der Waals surface area contributed by atoms with E-state index in [1.165, 1.54) is 18.3 Å². The van der Waals surface area contributed by atoms with E-state index >= 15 is 0 Å². The van der Waals surface area contributed by atoms with E-state index in [4.69, 9.17) is 4.74 Å². The van der Waals surface area contributed by atoms with E-state index in [2.05, 4.69) is 17.1 Å². The zero-order valence-corrected chi connectivity index (χ0v) is 20.9. The monoisotopic (exact) mass is 491 g/mol. The second-order valence-electron chi connectivity index (χ2n) is 8.06. The van der Waals surface area contributed by atoms with Crippen molar-refractivity contribution in [2.75, 3.05) is 17.5 Å². The minimum absolute atomic E-state index is 0.108. The van der Waals surface area contributed by atoms with Crippen molar-refractivity contribution in [2.45, 2.75) is 25.7 Å². The molecule has 3 rings (SSSR count). The first-order chi connectivity index (χ1) is 16.7. The molecule has 182 valence electrons. The highest BCUT2D eigenvalue weighted by molar-refractivity contribution is 7.92. The first kappa shape index (κ1) is 25.7. The first-order valence-electron chi connectivity index (χ1n) is 11.0. The molecule has 1 N–H and O–H groups in total. The lowest BCUT2D eigenvalue weighted by Gasteiger charge is -2.24. The number of hydrazone groups is 1.